The van der Waals surface area contributed by atoms with Crippen LogP contribution in [-0.2, 0) is 0 Å². The molecule has 0 radical (unpaired) electrons. The fourth-order valence-electron chi connectivity index (χ4n) is 2.64. The first-order chi connectivity index (χ1) is 10.0. The molecule has 0 spiro atoms. The third kappa shape index (κ3) is 2.51. The van der Waals surface area contributed by atoms with Crippen molar-refractivity contribution in [2.75, 3.05) is 18.0 Å². The van der Waals surface area contributed by atoms with Crippen LogP contribution in [0.3, 0.4) is 0 Å². The van der Waals surface area contributed by atoms with Crippen LogP contribution in [0, 0.1) is 0 Å². The minimum atomic E-state index is 0.0319. The van der Waals surface area contributed by atoms with Gasteiger partial charge in [0.15, 0.2) is 0 Å². The van der Waals surface area contributed by atoms with Gasteiger partial charge in [-0.2, -0.15) is 11.8 Å². The highest BCUT2D eigenvalue weighted by molar-refractivity contribution is 8.00. The van der Waals surface area contributed by atoms with Gasteiger partial charge in [0.2, 0.25) is 0 Å². The van der Waals surface area contributed by atoms with Crippen LogP contribution >= 0.6 is 34.7 Å². The van der Waals surface area contributed by atoms with E-state index < -0.39 is 0 Å². The summed E-state index contributed by atoms with van der Waals surface area (Å²) >= 11 is 9.56. The molecule has 0 aliphatic carbocycles. The number of anilines is 1. The highest BCUT2D eigenvalue weighted by atomic mass is 35.5. The molecule has 3 nitrogen and oxygen atoms in total. The number of halogens is 1. The van der Waals surface area contributed by atoms with E-state index in [2.05, 4.69) is 13.8 Å². The van der Waals surface area contributed by atoms with Crippen molar-refractivity contribution >= 4 is 56.4 Å². The van der Waals surface area contributed by atoms with Crippen LogP contribution in [0.1, 0.15) is 23.5 Å². The van der Waals surface area contributed by atoms with E-state index in [4.69, 9.17) is 17.3 Å². The maximum Gasteiger partial charge on any atom is 0.266 e. The molecule has 6 heteroatoms. The van der Waals surface area contributed by atoms with E-state index in [0.717, 1.165) is 22.4 Å². The minimum absolute atomic E-state index is 0.0319. The Morgan fingerprint density at radius 3 is 2.90 bits per heavy atom. The van der Waals surface area contributed by atoms with Gasteiger partial charge in [-0.3, -0.25) is 4.79 Å². The Hall–Kier alpha value is -0.910. The maximum atomic E-state index is 12.9. The van der Waals surface area contributed by atoms with Gasteiger partial charge in [0.05, 0.1) is 10.7 Å². The highest BCUT2D eigenvalue weighted by Crippen LogP contribution is 2.39. The van der Waals surface area contributed by atoms with Crippen LogP contribution in [0.15, 0.2) is 18.2 Å². The summed E-state index contributed by atoms with van der Waals surface area (Å²) < 4.78 is 0.968. The second kappa shape index (κ2) is 5.71. The monoisotopic (exact) mass is 340 g/mol. The summed E-state index contributed by atoms with van der Waals surface area (Å²) in [5.41, 5.74) is 6.72. The maximum absolute atomic E-state index is 12.9. The van der Waals surface area contributed by atoms with Gasteiger partial charge in [0.1, 0.15) is 4.88 Å². The Labute approximate surface area is 137 Å². The number of carbonyl (C=O) groups is 1. The van der Waals surface area contributed by atoms with E-state index in [1.165, 1.54) is 11.3 Å². The average Bonchev–Trinajstić information content (AvgIpc) is 2.80. The third-order valence-corrected chi connectivity index (χ3v) is 6.85. The number of fused-ring (bicyclic) bond motifs is 1. The Morgan fingerprint density at radius 2 is 2.19 bits per heavy atom. The zero-order valence-electron chi connectivity index (χ0n) is 11.9. The molecule has 2 aromatic rings. The molecule has 1 aromatic carbocycles. The zero-order valence-corrected chi connectivity index (χ0v) is 14.3. The van der Waals surface area contributed by atoms with E-state index >= 15 is 0 Å². The number of nitrogens with zero attached hydrogens (tertiary/aromatic N) is 1. The van der Waals surface area contributed by atoms with Crippen LogP contribution in [0.5, 0.6) is 0 Å². The highest BCUT2D eigenvalue weighted by Gasteiger charge is 2.31. The van der Waals surface area contributed by atoms with Crippen molar-refractivity contribution in [2.24, 2.45) is 0 Å². The molecule has 1 amide bonds. The Kier molecular flexibility index (Phi) is 4.08. The smallest absolute Gasteiger partial charge is 0.266 e. The molecule has 2 N–H and O–H groups in total. The van der Waals surface area contributed by atoms with Crippen LogP contribution in [0.2, 0.25) is 5.02 Å². The topological polar surface area (TPSA) is 46.3 Å². The van der Waals surface area contributed by atoms with E-state index in [-0.39, 0.29) is 11.9 Å². The summed E-state index contributed by atoms with van der Waals surface area (Å²) in [6.45, 7) is 5.04. The number of rotatable bonds is 1. The Morgan fingerprint density at radius 1 is 1.43 bits per heavy atom. The van der Waals surface area contributed by atoms with Crippen LogP contribution < -0.4 is 5.73 Å². The quantitative estimate of drug-likeness (QED) is 0.850. The number of amides is 1. The SMILES string of the molecule is CC1SCCN(C(=O)c2sc3cccc(Cl)c3c2N)C1C. The lowest BCUT2D eigenvalue weighted by Crippen LogP contribution is -2.47. The molecule has 1 aromatic heterocycles. The van der Waals surface area contributed by atoms with Crippen molar-refractivity contribution < 1.29 is 4.79 Å². The number of nitrogen functional groups attached to an aromatic ring is 1. The number of hydrogen-bond donors (Lipinski definition) is 1. The predicted molar refractivity (Wildman–Crippen MR) is 93.7 cm³/mol. The molecule has 1 saturated heterocycles. The van der Waals surface area contributed by atoms with Crippen molar-refractivity contribution in [3.8, 4) is 0 Å². The van der Waals surface area contributed by atoms with Gasteiger partial charge in [-0.05, 0) is 19.1 Å². The van der Waals surface area contributed by atoms with Crippen molar-refractivity contribution in [2.45, 2.75) is 25.1 Å². The van der Waals surface area contributed by atoms with Gasteiger partial charge >= 0.3 is 0 Å². The van der Waals surface area contributed by atoms with E-state index in [1.54, 1.807) is 0 Å². The number of nitrogens with two attached hydrogens (primary N) is 1. The number of benzene rings is 1. The predicted octanol–water partition coefficient (Wildman–Crippen LogP) is 4.10. The summed E-state index contributed by atoms with van der Waals surface area (Å²) in [6, 6.07) is 5.87. The van der Waals surface area contributed by atoms with Gasteiger partial charge in [0, 0.05) is 33.7 Å². The molecule has 3 rings (SSSR count). The molecule has 112 valence electrons. The third-order valence-electron chi connectivity index (χ3n) is 4.04. The van der Waals surface area contributed by atoms with Gasteiger partial charge in [-0.1, -0.05) is 24.6 Å². The lowest BCUT2D eigenvalue weighted by Gasteiger charge is -2.37. The van der Waals surface area contributed by atoms with Crippen molar-refractivity contribution in [3.05, 3.63) is 28.1 Å². The normalized spacial score (nSPS) is 22.7. The van der Waals surface area contributed by atoms with Crippen LogP contribution in [0.25, 0.3) is 10.1 Å². The molecular weight excluding hydrogens is 324 g/mol. The molecule has 21 heavy (non-hydrogen) atoms. The summed E-state index contributed by atoms with van der Waals surface area (Å²) in [7, 11) is 0. The fourth-order valence-corrected chi connectivity index (χ4v) is 5.18. The van der Waals surface area contributed by atoms with Crippen LogP contribution in [0.4, 0.5) is 5.69 Å². The summed E-state index contributed by atoms with van der Waals surface area (Å²) in [4.78, 5) is 15.4. The molecule has 1 aliphatic heterocycles. The van der Waals surface area contributed by atoms with E-state index in [1.807, 2.05) is 34.9 Å². The number of thiophene rings is 1. The summed E-state index contributed by atoms with van der Waals surface area (Å²) in [5.74, 6) is 1.01. The molecule has 1 fully saturated rings. The average molecular weight is 341 g/mol. The van der Waals surface area contributed by atoms with E-state index in [0.29, 0.717) is 20.8 Å². The van der Waals surface area contributed by atoms with E-state index in [9.17, 15) is 4.79 Å². The second-order valence-electron chi connectivity index (χ2n) is 5.27. The van der Waals surface area contributed by atoms with Gasteiger partial charge < -0.3 is 10.6 Å². The van der Waals surface area contributed by atoms with Gasteiger partial charge in [-0.25, -0.2) is 0 Å². The zero-order chi connectivity index (χ0) is 15.1. The van der Waals surface area contributed by atoms with Crippen molar-refractivity contribution in [3.63, 3.8) is 0 Å². The molecule has 2 unspecified atom stereocenters. The molecule has 0 bridgehead atoms. The second-order valence-corrected chi connectivity index (χ2v) is 8.22. The lowest BCUT2D eigenvalue weighted by molar-refractivity contribution is 0.0704. The fraction of sp³-hybridized carbons (Fsp3) is 0.400. The largest absolute Gasteiger partial charge is 0.397 e. The van der Waals surface area contributed by atoms with Gasteiger partial charge in [0.25, 0.3) is 5.91 Å². The number of thioether (sulfide) groups is 1. The Balaban J connectivity index is 2.02. The molecule has 0 saturated carbocycles. The first-order valence-corrected chi connectivity index (χ1v) is 9.14. The molecule has 2 heterocycles. The van der Waals surface area contributed by atoms with Gasteiger partial charge in [-0.15, -0.1) is 11.3 Å². The molecule has 2 atom stereocenters. The number of hydrogen-bond acceptors (Lipinski definition) is 4. The number of carbonyl (C=O) groups excluding carboxylic acids is 1. The molecule has 1 aliphatic rings. The van der Waals surface area contributed by atoms with Crippen molar-refractivity contribution in [1.82, 2.24) is 4.90 Å². The molecular formula is C15H17ClN2OS2. The summed E-state index contributed by atoms with van der Waals surface area (Å²) in [5, 5.41) is 1.86. The minimum Gasteiger partial charge on any atom is -0.397 e. The Bertz CT molecular complexity index is 700. The lowest BCUT2D eigenvalue weighted by atomic mass is 10.1. The first kappa shape index (κ1) is 15.0. The standard InChI is InChI=1S/C15H17ClN2OS2/c1-8-9(2)20-7-6-18(8)15(19)14-13(17)12-10(16)4-3-5-11(12)21-14/h3-5,8-9H,6-7,17H2,1-2H3. The van der Waals surface area contributed by atoms with Crippen LogP contribution in [-0.4, -0.2) is 34.4 Å². The summed E-state index contributed by atoms with van der Waals surface area (Å²) in [6.07, 6.45) is 0. The van der Waals surface area contributed by atoms with Crippen molar-refractivity contribution in [1.29, 1.82) is 0 Å². The first-order valence-electron chi connectivity index (χ1n) is 6.89.